The summed E-state index contributed by atoms with van der Waals surface area (Å²) in [7, 11) is 0. The van der Waals surface area contributed by atoms with Gasteiger partial charge < -0.3 is 0 Å². The summed E-state index contributed by atoms with van der Waals surface area (Å²) < 4.78 is 26.2. The quantitative estimate of drug-likeness (QED) is 0.639. The third kappa shape index (κ3) is 1.47. The lowest BCUT2D eigenvalue weighted by molar-refractivity contribution is 0.550. The van der Waals surface area contributed by atoms with Crippen LogP contribution >= 0.6 is 0 Å². The fourth-order valence-electron chi connectivity index (χ4n) is 1.24. The zero-order chi connectivity index (χ0) is 9.14. The maximum atomic E-state index is 13.3. The first kappa shape index (κ1) is 9.17. The van der Waals surface area contributed by atoms with E-state index < -0.39 is 5.82 Å². The average molecular weight is 170 g/mol. The first-order chi connectivity index (χ1) is 5.70. The highest BCUT2D eigenvalue weighted by Gasteiger charge is 2.09. The van der Waals surface area contributed by atoms with Gasteiger partial charge in [-0.1, -0.05) is 19.9 Å². The smallest absolute Gasteiger partial charge is 0.132 e. The lowest BCUT2D eigenvalue weighted by Crippen LogP contribution is -1.98. The Labute approximate surface area is 71.2 Å². The zero-order valence-corrected chi connectivity index (χ0v) is 7.32. The Balaban J connectivity index is 3.24. The van der Waals surface area contributed by atoms with Gasteiger partial charge in [-0.05, 0) is 24.5 Å². The van der Waals surface area contributed by atoms with Gasteiger partial charge in [-0.15, -0.1) is 0 Å². The molecule has 1 aromatic carbocycles. The van der Waals surface area contributed by atoms with E-state index in [-0.39, 0.29) is 11.4 Å². The van der Waals surface area contributed by atoms with E-state index in [0.717, 1.165) is 0 Å². The van der Waals surface area contributed by atoms with E-state index in [2.05, 4.69) is 0 Å². The van der Waals surface area contributed by atoms with Crippen LogP contribution < -0.4 is 0 Å². The van der Waals surface area contributed by atoms with E-state index >= 15 is 0 Å². The van der Waals surface area contributed by atoms with Crippen LogP contribution in [0.2, 0.25) is 0 Å². The van der Waals surface area contributed by atoms with Crippen LogP contribution in [-0.2, 0) is 12.8 Å². The molecule has 0 bridgehead atoms. The Morgan fingerprint density at radius 2 is 1.75 bits per heavy atom. The molecule has 66 valence electrons. The maximum absolute atomic E-state index is 13.3. The summed E-state index contributed by atoms with van der Waals surface area (Å²) in [4.78, 5) is 0. The average Bonchev–Trinajstić information content (AvgIpc) is 2.06. The van der Waals surface area contributed by atoms with Crippen molar-refractivity contribution in [3.63, 3.8) is 0 Å². The van der Waals surface area contributed by atoms with Crippen LogP contribution in [-0.4, -0.2) is 0 Å². The number of aryl methyl sites for hydroxylation is 1. The molecule has 1 rings (SSSR count). The molecule has 1 aromatic rings. The molecule has 0 aromatic heterocycles. The van der Waals surface area contributed by atoms with Gasteiger partial charge in [0.15, 0.2) is 0 Å². The Morgan fingerprint density at radius 3 is 2.25 bits per heavy atom. The second-order valence-electron chi connectivity index (χ2n) is 2.71. The third-order valence-corrected chi connectivity index (χ3v) is 2.00. The van der Waals surface area contributed by atoms with Gasteiger partial charge >= 0.3 is 0 Å². The maximum Gasteiger partial charge on any atom is 0.132 e. The summed E-state index contributed by atoms with van der Waals surface area (Å²) in [5, 5.41) is 0. The van der Waals surface area contributed by atoms with Crippen LogP contribution in [0.25, 0.3) is 0 Å². The van der Waals surface area contributed by atoms with E-state index in [9.17, 15) is 8.78 Å². The first-order valence-corrected chi connectivity index (χ1v) is 4.16. The topological polar surface area (TPSA) is 0 Å². The summed E-state index contributed by atoms with van der Waals surface area (Å²) in [5.41, 5.74) is 0.794. The van der Waals surface area contributed by atoms with Crippen LogP contribution in [0, 0.1) is 11.6 Å². The van der Waals surface area contributed by atoms with Crippen molar-refractivity contribution in [2.75, 3.05) is 0 Å². The molecule has 0 atom stereocenters. The first-order valence-electron chi connectivity index (χ1n) is 4.16. The summed E-state index contributed by atoms with van der Waals surface area (Å²) in [5.74, 6) is -0.813. The molecule has 0 radical (unpaired) electrons. The second-order valence-corrected chi connectivity index (χ2v) is 2.71. The van der Waals surface area contributed by atoms with Crippen molar-refractivity contribution < 1.29 is 8.78 Å². The normalized spacial score (nSPS) is 10.3. The number of hydrogen-bond donors (Lipinski definition) is 0. The van der Waals surface area contributed by atoms with Gasteiger partial charge in [-0.2, -0.15) is 0 Å². The number of hydrogen-bond acceptors (Lipinski definition) is 0. The van der Waals surface area contributed by atoms with E-state index in [1.165, 1.54) is 12.1 Å². The van der Waals surface area contributed by atoms with Crippen LogP contribution in [0.4, 0.5) is 8.78 Å². The fraction of sp³-hybridized carbons (Fsp3) is 0.400. The molecule has 12 heavy (non-hydrogen) atoms. The molecule has 0 heterocycles. The monoisotopic (exact) mass is 170 g/mol. The van der Waals surface area contributed by atoms with Gasteiger partial charge in [-0.25, -0.2) is 8.78 Å². The summed E-state index contributed by atoms with van der Waals surface area (Å²) in [6.07, 6.45) is 1.02. The molecule has 0 saturated carbocycles. The third-order valence-electron chi connectivity index (χ3n) is 2.00. The molecule has 0 saturated heterocycles. The van der Waals surface area contributed by atoms with Gasteiger partial charge in [0.25, 0.3) is 0 Å². The Hall–Kier alpha value is -0.920. The molecule has 0 aliphatic rings. The number of rotatable bonds is 2. The minimum atomic E-state index is -0.438. The minimum absolute atomic E-state index is 0.203. The number of halogens is 2. The van der Waals surface area contributed by atoms with Crippen molar-refractivity contribution >= 4 is 0 Å². The van der Waals surface area contributed by atoms with E-state index in [1.807, 2.05) is 6.92 Å². The van der Waals surface area contributed by atoms with Crippen LogP contribution in [0.15, 0.2) is 12.1 Å². The predicted molar refractivity (Wildman–Crippen MR) is 45.1 cm³/mol. The van der Waals surface area contributed by atoms with Crippen LogP contribution in [0.5, 0.6) is 0 Å². The van der Waals surface area contributed by atoms with E-state index in [1.54, 1.807) is 6.92 Å². The largest absolute Gasteiger partial charge is 0.207 e. The SMILES string of the molecule is CCc1ccc(F)c(CC)c1F. The lowest BCUT2D eigenvalue weighted by atomic mass is 10.1. The molecule has 0 amide bonds. The van der Waals surface area contributed by atoms with Crippen molar-refractivity contribution in [2.45, 2.75) is 26.7 Å². The number of benzene rings is 1. The van der Waals surface area contributed by atoms with E-state index in [4.69, 9.17) is 0 Å². The molecule has 0 nitrogen and oxygen atoms in total. The molecule has 0 N–H and O–H groups in total. The molecule has 0 aliphatic heterocycles. The lowest BCUT2D eigenvalue weighted by Gasteiger charge is -2.05. The Morgan fingerprint density at radius 1 is 1.08 bits per heavy atom. The van der Waals surface area contributed by atoms with Crippen molar-refractivity contribution in [1.82, 2.24) is 0 Å². The highest BCUT2D eigenvalue weighted by molar-refractivity contribution is 5.27. The zero-order valence-electron chi connectivity index (χ0n) is 7.32. The van der Waals surface area contributed by atoms with Gasteiger partial charge in [0.05, 0.1) is 0 Å². The summed E-state index contributed by atoms with van der Waals surface area (Å²) >= 11 is 0. The second kappa shape index (κ2) is 3.65. The standard InChI is InChI=1S/C10H12F2/c1-3-7-5-6-9(11)8(4-2)10(7)12/h5-6H,3-4H2,1-2H3. The van der Waals surface area contributed by atoms with Crippen molar-refractivity contribution in [3.8, 4) is 0 Å². The minimum Gasteiger partial charge on any atom is -0.207 e. The Kier molecular flexibility index (Phi) is 2.79. The molecule has 0 unspecified atom stereocenters. The van der Waals surface area contributed by atoms with Gasteiger partial charge in [-0.3, -0.25) is 0 Å². The molecule has 0 aliphatic carbocycles. The fourth-order valence-corrected chi connectivity index (χ4v) is 1.24. The van der Waals surface area contributed by atoms with Gasteiger partial charge in [0.2, 0.25) is 0 Å². The van der Waals surface area contributed by atoms with Gasteiger partial charge in [0, 0.05) is 5.56 Å². The van der Waals surface area contributed by atoms with Gasteiger partial charge in [0.1, 0.15) is 11.6 Å². The van der Waals surface area contributed by atoms with Crippen molar-refractivity contribution in [1.29, 1.82) is 0 Å². The molecular formula is C10H12F2. The van der Waals surface area contributed by atoms with E-state index in [0.29, 0.717) is 18.4 Å². The van der Waals surface area contributed by atoms with Crippen LogP contribution in [0.3, 0.4) is 0 Å². The summed E-state index contributed by atoms with van der Waals surface area (Å²) in [6, 6.07) is 2.84. The molecule has 2 heteroatoms. The molecule has 0 spiro atoms. The highest BCUT2D eigenvalue weighted by Crippen LogP contribution is 2.17. The van der Waals surface area contributed by atoms with Crippen LogP contribution in [0.1, 0.15) is 25.0 Å². The summed E-state index contributed by atoms with van der Waals surface area (Å²) in [6.45, 7) is 3.61. The van der Waals surface area contributed by atoms with Crippen molar-refractivity contribution in [3.05, 3.63) is 34.9 Å². The Bertz CT molecular complexity index is 279. The van der Waals surface area contributed by atoms with Crippen molar-refractivity contribution in [2.24, 2.45) is 0 Å². The predicted octanol–water partition coefficient (Wildman–Crippen LogP) is 3.09. The highest BCUT2D eigenvalue weighted by atomic mass is 19.1. The molecular weight excluding hydrogens is 158 g/mol. The molecule has 0 fully saturated rings.